The average molecular weight is 435 g/mol. The van der Waals surface area contributed by atoms with Crippen LogP contribution in [-0.4, -0.2) is 5.10 Å². The van der Waals surface area contributed by atoms with Crippen LogP contribution in [0.5, 0.6) is 0 Å². The fourth-order valence-electron chi connectivity index (χ4n) is 2.57. The van der Waals surface area contributed by atoms with Gasteiger partial charge in [-0.2, -0.15) is 0 Å². The van der Waals surface area contributed by atoms with E-state index in [2.05, 4.69) is 5.32 Å². The Bertz CT molecular complexity index is 1040. The van der Waals surface area contributed by atoms with Crippen molar-refractivity contribution < 1.29 is 17.1 Å². The molecule has 3 aromatic carbocycles. The van der Waals surface area contributed by atoms with Crippen molar-refractivity contribution in [3.8, 4) is 16.3 Å². The predicted molar refractivity (Wildman–Crippen MR) is 109 cm³/mol. The summed E-state index contributed by atoms with van der Waals surface area (Å²) in [5.41, 5.74) is 2.78. The summed E-state index contributed by atoms with van der Waals surface area (Å²) in [6.07, 6.45) is 0. The number of hydrogen-bond acceptors (Lipinski definition) is 3. The molecule has 0 aliphatic heterocycles. The van der Waals surface area contributed by atoms with Crippen molar-refractivity contribution in [2.24, 2.45) is 0 Å². The van der Waals surface area contributed by atoms with Crippen LogP contribution in [0.2, 0.25) is 10.0 Å². The van der Waals surface area contributed by atoms with Crippen LogP contribution in [0.1, 0.15) is 0 Å². The summed E-state index contributed by atoms with van der Waals surface area (Å²) < 4.78 is 1.88. The Morgan fingerprint density at radius 1 is 0.815 bits per heavy atom. The number of nitrogens with one attached hydrogen (secondary N) is 1. The van der Waals surface area contributed by atoms with E-state index in [1.54, 1.807) is 6.07 Å². The van der Waals surface area contributed by atoms with Crippen LogP contribution in [0.15, 0.2) is 78.9 Å². The molecule has 0 aliphatic carbocycles. The summed E-state index contributed by atoms with van der Waals surface area (Å²) in [4.78, 5) is 0. The third-order valence-corrected chi connectivity index (χ3v) is 5.57. The molecule has 0 fully saturated rings. The van der Waals surface area contributed by atoms with Crippen LogP contribution in [-0.2, 0) is 0 Å². The lowest BCUT2D eigenvalue weighted by Gasteiger charge is -2.00. The van der Waals surface area contributed by atoms with E-state index in [1.165, 1.54) is 11.3 Å². The number of hydrogen-bond donors (Lipinski definition) is 1. The Morgan fingerprint density at radius 3 is 2.19 bits per heavy atom. The molecule has 27 heavy (non-hydrogen) atoms. The molecule has 1 N–H and O–H groups in total. The summed E-state index contributed by atoms with van der Waals surface area (Å²) in [5, 5.41) is 10.8. The quantitative estimate of drug-likeness (QED) is 0.500. The Kier molecular flexibility index (Phi) is 6.34. The Balaban J connectivity index is 0.00000210. The zero-order valence-electron chi connectivity index (χ0n) is 13.9. The molecule has 136 valence electrons. The van der Waals surface area contributed by atoms with Gasteiger partial charge in [0.15, 0.2) is 0 Å². The number of aromatic nitrogens is 2. The van der Waals surface area contributed by atoms with Crippen molar-refractivity contribution in [2.75, 3.05) is 5.32 Å². The second-order valence-corrected chi connectivity index (χ2v) is 7.31. The van der Waals surface area contributed by atoms with Crippen molar-refractivity contribution in [3.05, 3.63) is 88.9 Å². The molecule has 0 bridgehead atoms. The van der Waals surface area contributed by atoms with Gasteiger partial charge in [-0.15, -0.1) is 0 Å². The maximum Gasteiger partial charge on any atom is 0.306 e. The highest BCUT2D eigenvalue weighted by atomic mass is 35.5. The van der Waals surface area contributed by atoms with E-state index in [1.807, 2.05) is 77.5 Å². The SMILES string of the molecule is Clc1cccc(-c2sc(Nc3ccccc3)n[n+]2-c2ccccc2)c1Cl.[Cl-]. The van der Waals surface area contributed by atoms with E-state index in [9.17, 15) is 0 Å². The first-order valence-corrected chi connectivity index (χ1v) is 9.54. The van der Waals surface area contributed by atoms with E-state index in [0.717, 1.165) is 27.1 Å². The van der Waals surface area contributed by atoms with E-state index in [-0.39, 0.29) is 12.4 Å². The molecular weight excluding hydrogens is 421 g/mol. The first kappa shape index (κ1) is 19.6. The summed E-state index contributed by atoms with van der Waals surface area (Å²) in [5.74, 6) is 0. The summed E-state index contributed by atoms with van der Waals surface area (Å²) in [6.45, 7) is 0. The lowest BCUT2D eigenvalue weighted by molar-refractivity contribution is -0.642. The van der Waals surface area contributed by atoms with Crippen LogP contribution in [0.4, 0.5) is 10.8 Å². The lowest BCUT2D eigenvalue weighted by atomic mass is 10.2. The Hall–Kier alpha value is -2.11. The fraction of sp³-hybridized carbons (Fsp3) is 0. The largest absolute Gasteiger partial charge is 1.00 e. The van der Waals surface area contributed by atoms with E-state index >= 15 is 0 Å². The van der Waals surface area contributed by atoms with Crippen LogP contribution in [0, 0.1) is 0 Å². The first-order valence-electron chi connectivity index (χ1n) is 7.97. The monoisotopic (exact) mass is 433 g/mol. The molecule has 0 atom stereocenters. The van der Waals surface area contributed by atoms with Gasteiger partial charge in [0, 0.05) is 22.9 Å². The molecule has 0 amide bonds. The molecule has 0 saturated carbocycles. The first-order chi connectivity index (χ1) is 12.7. The second kappa shape index (κ2) is 8.72. The molecule has 0 radical (unpaired) electrons. The molecule has 3 nitrogen and oxygen atoms in total. The second-order valence-electron chi connectivity index (χ2n) is 5.55. The van der Waals surface area contributed by atoms with Gasteiger partial charge < -0.3 is 17.7 Å². The Labute approximate surface area is 177 Å². The maximum absolute atomic E-state index is 6.47. The van der Waals surface area contributed by atoms with E-state index < -0.39 is 0 Å². The van der Waals surface area contributed by atoms with Gasteiger partial charge >= 0.3 is 5.01 Å². The number of rotatable bonds is 4. The number of anilines is 2. The molecule has 4 aromatic rings. The topological polar surface area (TPSA) is 28.8 Å². The number of nitrogens with zero attached hydrogens (tertiary/aromatic N) is 2. The van der Waals surface area contributed by atoms with Crippen LogP contribution in [0.25, 0.3) is 16.3 Å². The lowest BCUT2D eigenvalue weighted by Crippen LogP contribution is -3.00. The van der Waals surface area contributed by atoms with Crippen LogP contribution < -0.4 is 22.4 Å². The number of para-hydroxylation sites is 2. The Morgan fingerprint density at radius 2 is 1.48 bits per heavy atom. The van der Waals surface area contributed by atoms with Crippen molar-refractivity contribution in [1.29, 1.82) is 0 Å². The van der Waals surface area contributed by atoms with Gasteiger partial charge in [-0.1, -0.05) is 65.7 Å². The van der Waals surface area contributed by atoms with Gasteiger partial charge in [-0.25, -0.2) is 0 Å². The van der Waals surface area contributed by atoms with Crippen LogP contribution in [0.3, 0.4) is 0 Å². The van der Waals surface area contributed by atoms with Gasteiger partial charge in [0.05, 0.1) is 15.6 Å². The minimum absolute atomic E-state index is 0. The third kappa shape index (κ3) is 4.25. The fourth-order valence-corrected chi connectivity index (χ4v) is 4.00. The molecule has 1 heterocycles. The summed E-state index contributed by atoms with van der Waals surface area (Å²) in [6, 6.07) is 25.5. The van der Waals surface area contributed by atoms with Gasteiger partial charge in [-0.05, 0) is 40.3 Å². The van der Waals surface area contributed by atoms with Gasteiger partial charge in [-0.3, -0.25) is 0 Å². The highest BCUT2D eigenvalue weighted by molar-refractivity contribution is 7.18. The third-order valence-electron chi connectivity index (χ3n) is 3.78. The zero-order valence-corrected chi connectivity index (χ0v) is 17.0. The highest BCUT2D eigenvalue weighted by Crippen LogP contribution is 2.36. The molecule has 0 unspecified atom stereocenters. The van der Waals surface area contributed by atoms with Crippen molar-refractivity contribution in [1.82, 2.24) is 5.10 Å². The minimum atomic E-state index is 0. The van der Waals surface area contributed by atoms with Crippen molar-refractivity contribution >= 4 is 45.4 Å². The minimum Gasteiger partial charge on any atom is -1.00 e. The molecule has 0 spiro atoms. The molecule has 1 aromatic heterocycles. The van der Waals surface area contributed by atoms with Crippen molar-refractivity contribution in [3.63, 3.8) is 0 Å². The van der Waals surface area contributed by atoms with E-state index in [0.29, 0.717) is 10.0 Å². The zero-order chi connectivity index (χ0) is 17.9. The summed E-state index contributed by atoms with van der Waals surface area (Å²) in [7, 11) is 0. The molecule has 7 heteroatoms. The molecule has 0 aliphatic rings. The number of halogens is 3. The van der Waals surface area contributed by atoms with Crippen LogP contribution >= 0.6 is 34.5 Å². The van der Waals surface area contributed by atoms with E-state index in [4.69, 9.17) is 28.3 Å². The highest BCUT2D eigenvalue weighted by Gasteiger charge is 2.26. The predicted octanol–water partition coefficient (Wildman–Crippen LogP) is 3.14. The smallest absolute Gasteiger partial charge is 0.306 e. The summed E-state index contributed by atoms with van der Waals surface area (Å²) >= 11 is 14.2. The molecule has 0 saturated heterocycles. The molecular formula is C20H14Cl3N3S. The van der Waals surface area contributed by atoms with Gasteiger partial charge in [0.1, 0.15) is 0 Å². The molecule has 4 rings (SSSR count). The van der Waals surface area contributed by atoms with Crippen molar-refractivity contribution in [2.45, 2.75) is 0 Å². The normalized spacial score (nSPS) is 10.3. The van der Waals surface area contributed by atoms with Gasteiger partial charge in [0.2, 0.25) is 5.69 Å². The number of benzene rings is 3. The van der Waals surface area contributed by atoms with Gasteiger partial charge in [0.25, 0.3) is 5.13 Å². The average Bonchev–Trinajstić information content (AvgIpc) is 3.09. The maximum atomic E-state index is 6.47. The standard InChI is InChI=1S/C20H14Cl2N3S.ClH/c21-17-13-7-12-16(18(17)22)19-25(15-10-5-2-6-11-15)24-20(26-19)23-14-8-3-1-4-9-14;/h1-13H,(H,23,24);1H/q+1;/p-1.